The Balaban J connectivity index is 1.63. The van der Waals surface area contributed by atoms with E-state index < -0.39 is 22.1 Å². The predicted octanol–water partition coefficient (Wildman–Crippen LogP) is 4.87. The van der Waals surface area contributed by atoms with Crippen molar-refractivity contribution < 1.29 is 23.4 Å². The van der Waals surface area contributed by atoms with Crippen molar-refractivity contribution in [3.63, 3.8) is 0 Å². The number of aliphatic hydroxyl groups is 1. The molecule has 1 heterocycles. The number of benzene rings is 3. The lowest BCUT2D eigenvalue weighted by atomic mass is 10.0. The summed E-state index contributed by atoms with van der Waals surface area (Å²) in [6.07, 6.45) is 1.57. The van der Waals surface area contributed by atoms with Crippen LogP contribution in [-0.4, -0.2) is 40.4 Å². The number of sulfonamides is 1. The van der Waals surface area contributed by atoms with Gasteiger partial charge >= 0.3 is 5.97 Å². The lowest BCUT2D eigenvalue weighted by molar-refractivity contribution is -0.147. The van der Waals surface area contributed by atoms with Crippen LogP contribution in [0.3, 0.4) is 0 Å². The summed E-state index contributed by atoms with van der Waals surface area (Å²) in [6.45, 7) is 2.52. The van der Waals surface area contributed by atoms with Gasteiger partial charge in [-0.1, -0.05) is 79.7 Å². The van der Waals surface area contributed by atoms with Gasteiger partial charge < -0.3 is 14.8 Å². The van der Waals surface area contributed by atoms with E-state index in [4.69, 9.17) is 0 Å². The van der Waals surface area contributed by atoms with Gasteiger partial charge in [0.2, 0.25) is 10.0 Å². The molecule has 204 valence electrons. The van der Waals surface area contributed by atoms with Gasteiger partial charge in [0.15, 0.2) is 6.10 Å². The first kappa shape index (κ1) is 28.6. The minimum atomic E-state index is -3.78. The summed E-state index contributed by atoms with van der Waals surface area (Å²) in [4.78, 5) is 16.4. The molecular formula is C29H31N3O5S2. The Labute approximate surface area is 232 Å². The smallest absolute Gasteiger partial charge is 0.338 e. The SMILES string of the molecule is CCCc1nc(SC)c(C(O)C(=O)O)n1Cc1ccc(-c2ccccc2S(=O)(=O)NCc2ccccc2)cc1. The second-order valence-corrected chi connectivity index (χ2v) is 11.5. The molecule has 10 heteroatoms. The zero-order chi connectivity index (χ0) is 28.0. The second kappa shape index (κ2) is 12.6. The van der Waals surface area contributed by atoms with E-state index in [1.54, 1.807) is 35.1 Å². The monoisotopic (exact) mass is 565 g/mol. The summed E-state index contributed by atoms with van der Waals surface area (Å²) in [6, 6.07) is 23.6. The molecule has 1 unspecified atom stereocenters. The van der Waals surface area contributed by atoms with Crippen LogP contribution in [0.4, 0.5) is 0 Å². The first-order valence-corrected chi connectivity index (χ1v) is 15.2. The molecular weight excluding hydrogens is 534 g/mol. The van der Waals surface area contributed by atoms with Crippen LogP contribution in [0, 0.1) is 0 Å². The molecule has 0 aliphatic rings. The van der Waals surface area contributed by atoms with Crippen LogP contribution in [0.25, 0.3) is 11.1 Å². The van der Waals surface area contributed by atoms with E-state index in [9.17, 15) is 23.4 Å². The highest BCUT2D eigenvalue weighted by atomic mass is 32.2. The summed E-state index contributed by atoms with van der Waals surface area (Å²) in [5, 5.41) is 20.4. The van der Waals surface area contributed by atoms with Crippen LogP contribution < -0.4 is 4.72 Å². The van der Waals surface area contributed by atoms with E-state index in [0.717, 1.165) is 23.1 Å². The molecule has 0 saturated heterocycles. The Hall–Kier alpha value is -3.44. The van der Waals surface area contributed by atoms with E-state index in [1.807, 2.05) is 61.5 Å². The molecule has 0 fully saturated rings. The summed E-state index contributed by atoms with van der Waals surface area (Å²) >= 11 is 1.30. The number of aliphatic carboxylic acids is 1. The molecule has 3 aromatic carbocycles. The number of imidazole rings is 1. The quantitative estimate of drug-likeness (QED) is 0.210. The molecule has 0 aliphatic carbocycles. The van der Waals surface area contributed by atoms with Crippen LogP contribution in [-0.2, 0) is 34.3 Å². The Kier molecular flexibility index (Phi) is 9.24. The number of nitrogens with zero attached hydrogens (tertiary/aromatic N) is 2. The van der Waals surface area contributed by atoms with Gasteiger partial charge in [-0.05, 0) is 35.4 Å². The predicted molar refractivity (Wildman–Crippen MR) is 152 cm³/mol. The lowest BCUT2D eigenvalue weighted by Gasteiger charge is -2.15. The minimum absolute atomic E-state index is 0.185. The molecule has 1 aromatic heterocycles. The average Bonchev–Trinajstić information content (AvgIpc) is 3.29. The first-order valence-electron chi connectivity index (χ1n) is 12.5. The van der Waals surface area contributed by atoms with Crippen molar-refractivity contribution >= 4 is 27.8 Å². The molecule has 0 bridgehead atoms. The molecule has 4 rings (SSSR count). The highest BCUT2D eigenvalue weighted by molar-refractivity contribution is 7.98. The molecule has 0 aliphatic heterocycles. The lowest BCUT2D eigenvalue weighted by Crippen LogP contribution is -2.23. The summed E-state index contributed by atoms with van der Waals surface area (Å²) in [5.41, 5.74) is 3.30. The zero-order valence-electron chi connectivity index (χ0n) is 21.7. The van der Waals surface area contributed by atoms with Crippen molar-refractivity contribution in [1.82, 2.24) is 14.3 Å². The number of carboxylic acid groups (broad SMARTS) is 1. The number of rotatable bonds is 12. The third-order valence-electron chi connectivity index (χ3n) is 6.30. The number of aliphatic hydroxyl groups excluding tert-OH is 1. The third-order valence-corrected chi connectivity index (χ3v) is 8.45. The maximum atomic E-state index is 13.2. The van der Waals surface area contributed by atoms with Crippen molar-refractivity contribution in [1.29, 1.82) is 0 Å². The number of thioether (sulfide) groups is 1. The van der Waals surface area contributed by atoms with Crippen molar-refractivity contribution in [3.8, 4) is 11.1 Å². The van der Waals surface area contributed by atoms with Gasteiger partial charge in [0.1, 0.15) is 10.9 Å². The maximum Gasteiger partial charge on any atom is 0.338 e. The van der Waals surface area contributed by atoms with E-state index in [-0.39, 0.29) is 17.1 Å². The number of carbonyl (C=O) groups is 1. The maximum absolute atomic E-state index is 13.2. The van der Waals surface area contributed by atoms with Gasteiger partial charge in [0.25, 0.3) is 0 Å². The summed E-state index contributed by atoms with van der Waals surface area (Å²) in [7, 11) is -3.78. The topological polar surface area (TPSA) is 122 Å². The molecule has 1 atom stereocenters. The number of hydrogen-bond acceptors (Lipinski definition) is 6. The van der Waals surface area contributed by atoms with Crippen molar-refractivity contribution in [2.75, 3.05) is 6.26 Å². The van der Waals surface area contributed by atoms with Gasteiger partial charge in [0.05, 0.1) is 10.6 Å². The van der Waals surface area contributed by atoms with Crippen molar-refractivity contribution in [3.05, 3.63) is 102 Å². The van der Waals surface area contributed by atoms with Gasteiger partial charge in [-0.2, -0.15) is 0 Å². The van der Waals surface area contributed by atoms with Crippen LogP contribution in [0.1, 0.15) is 42.1 Å². The molecule has 4 aromatic rings. The molecule has 0 saturated carbocycles. The number of hydrogen-bond donors (Lipinski definition) is 3. The highest BCUT2D eigenvalue weighted by Crippen LogP contribution is 2.31. The molecule has 0 spiro atoms. The third kappa shape index (κ3) is 6.59. The Bertz CT molecular complexity index is 1540. The van der Waals surface area contributed by atoms with Gasteiger partial charge in [-0.15, -0.1) is 11.8 Å². The summed E-state index contributed by atoms with van der Waals surface area (Å²) < 4.78 is 30.9. The molecule has 0 radical (unpaired) electrons. The average molecular weight is 566 g/mol. The number of aryl methyl sites for hydroxylation is 1. The van der Waals surface area contributed by atoms with Gasteiger partial charge in [-0.3, -0.25) is 0 Å². The number of nitrogens with one attached hydrogen (secondary N) is 1. The fraction of sp³-hybridized carbons (Fsp3) is 0.241. The van der Waals surface area contributed by atoms with Crippen LogP contribution in [0.15, 0.2) is 88.8 Å². The minimum Gasteiger partial charge on any atom is -0.479 e. The van der Waals surface area contributed by atoms with Crippen molar-refractivity contribution in [2.24, 2.45) is 0 Å². The normalized spacial score (nSPS) is 12.4. The van der Waals surface area contributed by atoms with Gasteiger partial charge in [-0.25, -0.2) is 22.9 Å². The fourth-order valence-corrected chi connectivity index (χ4v) is 6.25. The Morgan fingerprint density at radius 3 is 2.31 bits per heavy atom. The molecule has 3 N–H and O–H groups in total. The largest absolute Gasteiger partial charge is 0.479 e. The van der Waals surface area contributed by atoms with Crippen LogP contribution in [0.5, 0.6) is 0 Å². The number of carboxylic acids is 1. The zero-order valence-corrected chi connectivity index (χ0v) is 23.4. The van der Waals surface area contributed by atoms with E-state index in [0.29, 0.717) is 29.4 Å². The van der Waals surface area contributed by atoms with E-state index in [2.05, 4.69) is 9.71 Å². The molecule has 39 heavy (non-hydrogen) atoms. The van der Waals surface area contributed by atoms with Gasteiger partial charge in [0, 0.05) is 25.1 Å². The van der Waals surface area contributed by atoms with Crippen molar-refractivity contribution in [2.45, 2.75) is 48.9 Å². The highest BCUT2D eigenvalue weighted by Gasteiger charge is 2.27. The first-order chi connectivity index (χ1) is 18.7. The number of aromatic nitrogens is 2. The van der Waals surface area contributed by atoms with Crippen LogP contribution in [0.2, 0.25) is 0 Å². The molecule has 0 amide bonds. The molecule has 8 nitrogen and oxygen atoms in total. The van der Waals surface area contributed by atoms with E-state index >= 15 is 0 Å². The van der Waals surface area contributed by atoms with Crippen LogP contribution >= 0.6 is 11.8 Å². The summed E-state index contributed by atoms with van der Waals surface area (Å²) in [5.74, 6) is -0.620. The standard InChI is InChI=1S/C29H31N3O5S2/c1-3-9-25-31-28(38-2)26(27(33)29(34)35)32(25)19-21-14-16-22(17-15-21)23-12-7-8-13-24(23)39(36,37)30-18-20-10-5-4-6-11-20/h4-8,10-17,27,30,33H,3,9,18-19H2,1-2H3,(H,34,35). The van der Waals surface area contributed by atoms with E-state index in [1.165, 1.54) is 11.8 Å². The Morgan fingerprint density at radius 2 is 1.67 bits per heavy atom. The Morgan fingerprint density at radius 1 is 1.00 bits per heavy atom. The second-order valence-electron chi connectivity index (χ2n) is 9.00. The fourth-order valence-electron chi connectivity index (χ4n) is 4.38.